The Bertz CT molecular complexity index is 4410. The Morgan fingerprint density at radius 1 is 0.568 bits per heavy atom. The Hall–Kier alpha value is -7.33. The summed E-state index contributed by atoms with van der Waals surface area (Å²) in [5.41, 5.74) is 19.6. The molecule has 15 rings (SSSR count). The van der Waals surface area contributed by atoms with Crippen LogP contribution < -0.4 is 4.74 Å². The van der Waals surface area contributed by atoms with E-state index in [1.807, 2.05) is 54.7 Å². The molecule has 3 heterocycles. The van der Waals surface area contributed by atoms with E-state index in [0.29, 0.717) is 22.9 Å². The van der Waals surface area contributed by atoms with Crippen LogP contribution in [0.5, 0.6) is 11.5 Å². The van der Waals surface area contributed by atoms with Gasteiger partial charge in [-0.15, -0.1) is 0 Å². The molecule has 8 aromatic carbocycles. The fourth-order valence-electron chi connectivity index (χ4n) is 13.9. The summed E-state index contributed by atoms with van der Waals surface area (Å²) in [5.74, 6) is 1.73. The molecule has 2 spiro atoms. The molecule has 2 unspecified atom stereocenters. The summed E-state index contributed by atoms with van der Waals surface area (Å²) in [7, 11) is 0. The molecule has 2 atom stereocenters. The molecule has 0 amide bonds. The van der Waals surface area contributed by atoms with Crippen molar-refractivity contribution >= 4 is 32.8 Å². The van der Waals surface area contributed by atoms with E-state index in [1.165, 1.54) is 50.2 Å². The second-order valence-corrected chi connectivity index (χ2v) is 23.0. The third-order valence-electron chi connectivity index (χ3n) is 17.2. The summed E-state index contributed by atoms with van der Waals surface area (Å²) in [6, 6.07) is 55.6. The van der Waals surface area contributed by atoms with Crippen LogP contribution in [0.15, 0.2) is 176 Å². The molecular formula is C68H54N4OPt-2. The first-order chi connectivity index (χ1) is 38.2. The van der Waals surface area contributed by atoms with E-state index in [-0.39, 0.29) is 46.0 Å². The molecule has 4 aliphatic carbocycles. The Labute approximate surface area is 450 Å². The van der Waals surface area contributed by atoms with Crippen molar-refractivity contribution in [1.29, 1.82) is 0 Å². The Balaban J connectivity index is 0.891. The first-order valence-electron chi connectivity index (χ1n) is 28.5. The fourth-order valence-corrected chi connectivity index (χ4v) is 15.0. The molecule has 0 saturated carbocycles. The van der Waals surface area contributed by atoms with Gasteiger partial charge in [0.1, 0.15) is 0 Å². The van der Waals surface area contributed by atoms with Gasteiger partial charge in [0.05, 0.1) is 6.85 Å². The fraction of sp³-hybridized carbons (Fsp3) is 0.206. The quantitative estimate of drug-likeness (QED) is 0.156. The molecule has 0 N–H and O–H groups in total. The maximum absolute atomic E-state index is 8.80. The maximum atomic E-state index is 8.80. The number of para-hydroxylation sites is 2. The van der Waals surface area contributed by atoms with E-state index < -0.39 is 6.04 Å². The van der Waals surface area contributed by atoms with E-state index >= 15 is 0 Å². The van der Waals surface area contributed by atoms with Gasteiger partial charge in [0.25, 0.3) is 0 Å². The number of aromatic nitrogens is 4. The number of rotatable bonds is 6. The third-order valence-corrected chi connectivity index (χ3v) is 18.2. The van der Waals surface area contributed by atoms with Gasteiger partial charge in [-0.2, -0.15) is 0 Å². The van der Waals surface area contributed by atoms with E-state index in [0.717, 1.165) is 99.3 Å². The second-order valence-electron chi connectivity index (χ2n) is 22.0. The number of aryl methyl sites for hydroxylation is 4. The van der Waals surface area contributed by atoms with Gasteiger partial charge in [0.2, 0.25) is 0 Å². The van der Waals surface area contributed by atoms with Crippen LogP contribution in [-0.4, -0.2) is 18.7 Å². The zero-order valence-electron chi connectivity index (χ0n) is 46.5. The molecular weight excluding hydrogens is 1080 g/mol. The molecule has 74 heavy (non-hydrogen) atoms. The summed E-state index contributed by atoms with van der Waals surface area (Å²) in [6.07, 6.45) is 10.6. The summed E-state index contributed by atoms with van der Waals surface area (Å²) in [4.78, 5) is 4.91. The minimum Gasteiger partial charge on any atom is -0.0617 e. The minimum atomic E-state index is -0.420. The van der Waals surface area contributed by atoms with Crippen molar-refractivity contribution in [2.24, 2.45) is 0 Å². The zero-order chi connectivity index (χ0) is 53.9. The van der Waals surface area contributed by atoms with Crippen LogP contribution in [-0.2, 0) is 61.3 Å². The zero-order valence-corrected chi connectivity index (χ0v) is 43.8. The van der Waals surface area contributed by atoms with Crippen molar-refractivity contribution in [3.8, 4) is 39.8 Å². The number of fused-ring (bicyclic) bond motifs is 12. The Morgan fingerprint density at radius 3 is 1.89 bits per heavy atom. The third kappa shape index (κ3) is 6.45. The molecule has 11 aromatic rings. The van der Waals surface area contributed by atoms with Gasteiger partial charge in [-0.1, -0.05) is 57.0 Å². The Morgan fingerprint density at radius 2 is 1.20 bits per heavy atom. The number of pyridine rings is 1. The molecule has 6 heteroatoms. The minimum absolute atomic E-state index is 0.0704. The SMILES string of the molecule is [2H]c1c([2H])c([2H])c(-c2ccc3c(c2)c2ccc(Oc4[c-]c(-n5[c](=[Pt])n(-c6c7c(cc8c6C6(CCc9ccccc96)CC8)CCC76CCc7ccccc76)c6ccccc65)ccc4)[c-]c2n3-c2cc(C(C)(C)C)ccn2)c([2H])c1[2H]. The summed E-state index contributed by atoms with van der Waals surface area (Å²) >= 11 is 2.59. The van der Waals surface area contributed by atoms with Crippen LogP contribution in [0, 0.1) is 15.9 Å². The van der Waals surface area contributed by atoms with Crippen LogP contribution >= 0.6 is 0 Å². The number of benzene rings is 8. The van der Waals surface area contributed by atoms with Crippen LogP contribution in [0.3, 0.4) is 0 Å². The molecule has 3 aromatic heterocycles. The van der Waals surface area contributed by atoms with Gasteiger partial charge >= 0.3 is 354 Å². The van der Waals surface area contributed by atoms with Gasteiger partial charge in [-0.3, -0.25) is 0 Å². The van der Waals surface area contributed by atoms with Gasteiger partial charge in [-0.05, 0) is 28.2 Å². The molecule has 0 radical (unpaired) electrons. The summed E-state index contributed by atoms with van der Waals surface area (Å²) < 4.78 is 57.7. The van der Waals surface area contributed by atoms with Gasteiger partial charge in [-0.25, -0.2) is 0 Å². The second kappa shape index (κ2) is 16.3. The van der Waals surface area contributed by atoms with Crippen LogP contribution in [0.4, 0.5) is 0 Å². The van der Waals surface area contributed by atoms with Crippen molar-refractivity contribution in [1.82, 2.24) is 18.7 Å². The van der Waals surface area contributed by atoms with E-state index in [2.05, 4.69) is 157 Å². The van der Waals surface area contributed by atoms with Crippen LogP contribution in [0.25, 0.3) is 61.2 Å². The summed E-state index contributed by atoms with van der Waals surface area (Å²) in [6.45, 7) is 6.54. The van der Waals surface area contributed by atoms with Crippen molar-refractivity contribution in [3.63, 3.8) is 0 Å². The standard InChI is InChI=1S/C68H54N4O.Pt/c1-66(2,3)50-32-37-69-62(40-50)72-58-27-24-47(44-14-5-4-6-15-44)39-55(58)54-26-25-53(42-61(54)72)73-52-19-13-18-51(41-52)70-43-71(60-23-12-11-22-59(60)70)65-63-48(30-35-67(63)33-28-45-16-7-9-20-56(45)67)38-49-31-36-68(64(49)65)34-29-46-17-8-10-21-57(46)68;/h4-27,32,37-40H,28-31,33-36H2,1-3H3;/q-2;/i4D,5D,6D,14D,15D;. The normalized spacial score (nSPS) is 19.4. The molecule has 4 aliphatic rings. The number of ether oxygens (including phenoxy) is 1. The molecule has 0 bridgehead atoms. The average molecular weight is 1140 g/mol. The predicted molar refractivity (Wildman–Crippen MR) is 294 cm³/mol. The molecule has 0 aliphatic heterocycles. The van der Waals surface area contributed by atoms with E-state index in [1.54, 1.807) is 0 Å². The van der Waals surface area contributed by atoms with E-state index in [9.17, 15) is 0 Å². The molecule has 364 valence electrons. The molecule has 0 saturated heterocycles. The van der Waals surface area contributed by atoms with Gasteiger partial charge in [0, 0.05) is 6.20 Å². The van der Waals surface area contributed by atoms with Crippen LogP contribution in [0.2, 0.25) is 0 Å². The van der Waals surface area contributed by atoms with Crippen molar-refractivity contribution < 1.29 is 30.9 Å². The molecule has 0 fully saturated rings. The topological polar surface area (TPSA) is 36.9 Å². The smallest absolute Gasteiger partial charge is 0.0617 e. The monoisotopic (exact) mass is 1140 g/mol. The van der Waals surface area contributed by atoms with Gasteiger partial charge < -0.3 is 0 Å². The van der Waals surface area contributed by atoms with E-state index in [4.69, 9.17) is 16.6 Å². The van der Waals surface area contributed by atoms with Crippen molar-refractivity contribution in [3.05, 3.63) is 242 Å². The first-order valence-corrected chi connectivity index (χ1v) is 27.2. The first kappa shape index (κ1) is 39.2. The Kier molecular flexibility index (Phi) is 8.65. The van der Waals surface area contributed by atoms with Crippen molar-refractivity contribution in [2.45, 2.75) is 88.4 Å². The molecule has 5 nitrogen and oxygen atoms in total. The van der Waals surface area contributed by atoms with Crippen LogP contribution in [0.1, 0.15) is 103 Å². The van der Waals surface area contributed by atoms with Gasteiger partial charge in [0.15, 0.2) is 0 Å². The number of nitrogens with zero attached hydrogens (tertiary/aromatic N) is 4. The summed E-state index contributed by atoms with van der Waals surface area (Å²) in [5, 5.41) is 1.67. The average Bonchev–Trinajstić information content (AvgIpc) is 2.43. The number of hydrogen-bond acceptors (Lipinski definition) is 2. The predicted octanol–water partition coefficient (Wildman–Crippen LogP) is 15.7. The number of imidazole rings is 1. The van der Waals surface area contributed by atoms with Crippen molar-refractivity contribution in [2.75, 3.05) is 0 Å². The number of hydrogen-bond donors (Lipinski definition) is 0.